The van der Waals surface area contributed by atoms with Crippen LogP contribution < -0.4 is 5.32 Å². The maximum absolute atomic E-state index is 11.8. The fourth-order valence-electron chi connectivity index (χ4n) is 1.81. The number of amides is 1. The molecule has 1 aliphatic rings. The number of aromatic carboxylic acids is 1. The lowest BCUT2D eigenvalue weighted by Crippen LogP contribution is -2.31. The van der Waals surface area contributed by atoms with Gasteiger partial charge in [0.05, 0.1) is 6.33 Å². The van der Waals surface area contributed by atoms with Gasteiger partial charge in [0.2, 0.25) is 0 Å². The molecule has 0 atom stereocenters. The van der Waals surface area contributed by atoms with Crippen LogP contribution in [-0.4, -0.2) is 33.5 Å². The predicted octanol–water partition coefficient (Wildman–Crippen LogP) is 1.03. The summed E-state index contributed by atoms with van der Waals surface area (Å²) >= 11 is 0. The van der Waals surface area contributed by atoms with Crippen molar-refractivity contribution < 1.29 is 14.7 Å². The molecule has 6 heteroatoms. The monoisotopic (exact) mass is 237 g/mol. The van der Waals surface area contributed by atoms with Crippen molar-refractivity contribution in [3.05, 3.63) is 17.7 Å². The second kappa shape index (κ2) is 4.20. The third-order valence-electron chi connectivity index (χ3n) is 3.40. The molecule has 0 bridgehead atoms. The molecule has 0 aromatic carbocycles. The van der Waals surface area contributed by atoms with Gasteiger partial charge in [-0.25, -0.2) is 9.78 Å². The average Bonchev–Trinajstić information content (AvgIpc) is 2.91. The van der Waals surface area contributed by atoms with Crippen LogP contribution in [0.15, 0.2) is 6.33 Å². The van der Waals surface area contributed by atoms with Crippen LogP contribution in [-0.2, 0) is 0 Å². The Morgan fingerprint density at radius 3 is 2.82 bits per heavy atom. The van der Waals surface area contributed by atoms with E-state index < -0.39 is 11.9 Å². The van der Waals surface area contributed by atoms with E-state index in [1.807, 2.05) is 0 Å². The van der Waals surface area contributed by atoms with Gasteiger partial charge in [-0.1, -0.05) is 6.92 Å². The molecular formula is C11H15N3O3. The van der Waals surface area contributed by atoms with E-state index in [-0.39, 0.29) is 16.8 Å². The molecule has 17 heavy (non-hydrogen) atoms. The average molecular weight is 237 g/mol. The summed E-state index contributed by atoms with van der Waals surface area (Å²) in [5.41, 5.74) is 0.0169. The molecule has 1 aromatic rings. The first-order valence-electron chi connectivity index (χ1n) is 5.63. The van der Waals surface area contributed by atoms with Gasteiger partial charge in [0, 0.05) is 6.54 Å². The zero-order valence-corrected chi connectivity index (χ0v) is 9.62. The highest BCUT2D eigenvalue weighted by molar-refractivity contribution is 6.02. The molecular weight excluding hydrogens is 222 g/mol. The lowest BCUT2D eigenvalue weighted by Gasteiger charge is -2.12. The number of carboxylic acids is 1. The van der Waals surface area contributed by atoms with E-state index in [4.69, 9.17) is 5.11 Å². The Balaban J connectivity index is 2.00. The Morgan fingerprint density at radius 1 is 1.59 bits per heavy atom. The number of nitrogens with zero attached hydrogens (tertiary/aromatic N) is 1. The van der Waals surface area contributed by atoms with Crippen LogP contribution >= 0.6 is 0 Å². The number of imidazole rings is 1. The second-order valence-corrected chi connectivity index (χ2v) is 4.47. The Kier molecular flexibility index (Phi) is 2.87. The number of H-pyrrole nitrogens is 1. The number of carbonyl (C=O) groups is 2. The quantitative estimate of drug-likeness (QED) is 0.712. The van der Waals surface area contributed by atoms with E-state index in [1.54, 1.807) is 0 Å². The number of aromatic nitrogens is 2. The number of hydrogen-bond acceptors (Lipinski definition) is 3. The van der Waals surface area contributed by atoms with Crippen LogP contribution in [0.2, 0.25) is 0 Å². The standard InChI is InChI=1S/C11H15N3O3/c1-2-11(3-4-11)5-12-9(15)7-8(10(16)17)14-6-13-7/h6H,2-5H2,1H3,(H,12,15)(H,13,14)(H,16,17). The molecule has 0 saturated heterocycles. The number of carbonyl (C=O) groups excluding carboxylic acids is 1. The number of carboxylic acid groups (broad SMARTS) is 1. The Labute approximate surface area is 98.4 Å². The van der Waals surface area contributed by atoms with Gasteiger partial charge >= 0.3 is 5.97 Å². The summed E-state index contributed by atoms with van der Waals surface area (Å²) in [5.74, 6) is -1.60. The van der Waals surface area contributed by atoms with Gasteiger partial charge < -0.3 is 15.4 Å². The molecule has 1 saturated carbocycles. The largest absolute Gasteiger partial charge is 0.477 e. The minimum atomic E-state index is -1.18. The lowest BCUT2D eigenvalue weighted by atomic mass is 10.0. The third kappa shape index (κ3) is 2.30. The molecule has 3 N–H and O–H groups in total. The molecule has 1 heterocycles. The summed E-state index contributed by atoms with van der Waals surface area (Å²) in [7, 11) is 0. The molecule has 2 rings (SSSR count). The SMILES string of the molecule is CCC1(CNC(=O)c2nc[nH]c2C(=O)O)CC1. The van der Waals surface area contributed by atoms with E-state index in [0.29, 0.717) is 6.54 Å². The summed E-state index contributed by atoms with van der Waals surface area (Å²) in [4.78, 5) is 28.7. The molecule has 0 unspecified atom stereocenters. The molecule has 6 nitrogen and oxygen atoms in total. The Morgan fingerprint density at radius 2 is 2.29 bits per heavy atom. The van der Waals surface area contributed by atoms with Gasteiger partial charge in [0.25, 0.3) is 5.91 Å². The van der Waals surface area contributed by atoms with Crippen molar-refractivity contribution in [2.24, 2.45) is 5.41 Å². The normalized spacial score (nSPS) is 16.5. The maximum atomic E-state index is 11.8. The van der Waals surface area contributed by atoms with Crippen LogP contribution in [0.3, 0.4) is 0 Å². The van der Waals surface area contributed by atoms with E-state index in [0.717, 1.165) is 19.3 Å². The molecule has 1 aromatic heterocycles. The van der Waals surface area contributed by atoms with E-state index >= 15 is 0 Å². The van der Waals surface area contributed by atoms with Crippen LogP contribution in [0.5, 0.6) is 0 Å². The van der Waals surface area contributed by atoms with Crippen molar-refractivity contribution in [3.8, 4) is 0 Å². The molecule has 0 aliphatic heterocycles. The number of rotatable bonds is 5. The second-order valence-electron chi connectivity index (χ2n) is 4.47. The molecule has 1 fully saturated rings. The Bertz CT molecular complexity index is 449. The first-order chi connectivity index (χ1) is 8.08. The topological polar surface area (TPSA) is 95.1 Å². The van der Waals surface area contributed by atoms with Gasteiger partial charge in [-0.2, -0.15) is 0 Å². The summed E-state index contributed by atoms with van der Waals surface area (Å²) < 4.78 is 0. The molecule has 1 amide bonds. The highest BCUT2D eigenvalue weighted by Gasteiger charge is 2.40. The van der Waals surface area contributed by atoms with Gasteiger partial charge in [-0.05, 0) is 24.7 Å². The van der Waals surface area contributed by atoms with Crippen LogP contribution in [0.4, 0.5) is 0 Å². The molecule has 1 aliphatic carbocycles. The van der Waals surface area contributed by atoms with E-state index in [2.05, 4.69) is 22.2 Å². The van der Waals surface area contributed by atoms with Gasteiger partial charge in [0.1, 0.15) is 0 Å². The van der Waals surface area contributed by atoms with Crippen molar-refractivity contribution >= 4 is 11.9 Å². The van der Waals surface area contributed by atoms with Crippen molar-refractivity contribution in [1.82, 2.24) is 15.3 Å². The first-order valence-corrected chi connectivity index (χ1v) is 5.63. The highest BCUT2D eigenvalue weighted by Crippen LogP contribution is 2.47. The van der Waals surface area contributed by atoms with Gasteiger partial charge in [-0.15, -0.1) is 0 Å². The van der Waals surface area contributed by atoms with E-state index in [1.165, 1.54) is 6.33 Å². The smallest absolute Gasteiger partial charge is 0.354 e. The van der Waals surface area contributed by atoms with Gasteiger partial charge in [-0.3, -0.25) is 4.79 Å². The number of aromatic amines is 1. The zero-order chi connectivity index (χ0) is 12.5. The maximum Gasteiger partial charge on any atom is 0.354 e. The fourth-order valence-corrected chi connectivity index (χ4v) is 1.81. The lowest BCUT2D eigenvalue weighted by molar-refractivity contribution is 0.0685. The summed E-state index contributed by atoms with van der Waals surface area (Å²) in [5, 5.41) is 11.6. The Hall–Kier alpha value is -1.85. The van der Waals surface area contributed by atoms with Crippen molar-refractivity contribution in [2.45, 2.75) is 26.2 Å². The van der Waals surface area contributed by atoms with Crippen LogP contribution in [0.1, 0.15) is 47.2 Å². The number of nitrogens with one attached hydrogen (secondary N) is 2. The van der Waals surface area contributed by atoms with Crippen molar-refractivity contribution in [2.75, 3.05) is 6.54 Å². The molecule has 0 spiro atoms. The van der Waals surface area contributed by atoms with Crippen molar-refractivity contribution in [1.29, 1.82) is 0 Å². The molecule has 0 radical (unpaired) electrons. The summed E-state index contributed by atoms with van der Waals surface area (Å²) in [6, 6.07) is 0. The van der Waals surface area contributed by atoms with Crippen LogP contribution in [0.25, 0.3) is 0 Å². The summed E-state index contributed by atoms with van der Waals surface area (Å²) in [6.45, 7) is 2.69. The zero-order valence-electron chi connectivity index (χ0n) is 9.62. The predicted molar refractivity (Wildman–Crippen MR) is 59.8 cm³/mol. The minimum absolute atomic E-state index is 0.0515. The van der Waals surface area contributed by atoms with E-state index in [9.17, 15) is 9.59 Å². The van der Waals surface area contributed by atoms with Gasteiger partial charge in [0.15, 0.2) is 11.4 Å². The summed E-state index contributed by atoms with van der Waals surface area (Å²) in [6.07, 6.45) is 4.48. The van der Waals surface area contributed by atoms with Crippen molar-refractivity contribution in [3.63, 3.8) is 0 Å². The van der Waals surface area contributed by atoms with Crippen LogP contribution in [0, 0.1) is 5.41 Å². The highest BCUT2D eigenvalue weighted by atomic mass is 16.4. The first kappa shape index (κ1) is 11.6. The third-order valence-corrected chi connectivity index (χ3v) is 3.40. The fraction of sp³-hybridized carbons (Fsp3) is 0.545. The number of hydrogen-bond donors (Lipinski definition) is 3. The molecule has 92 valence electrons. The minimum Gasteiger partial charge on any atom is -0.477 e.